The highest BCUT2D eigenvalue weighted by Crippen LogP contribution is 2.36. The Labute approximate surface area is 158 Å². The second-order valence-electron chi connectivity index (χ2n) is 5.37. The SMILES string of the molecule is COc1cc2nc(NC(=O)/C=C\c3ccc([N+](=O)[O-])cc3)sc2cc1OC. The summed E-state index contributed by atoms with van der Waals surface area (Å²) in [5, 5.41) is 13.8. The summed E-state index contributed by atoms with van der Waals surface area (Å²) in [4.78, 5) is 26.6. The summed E-state index contributed by atoms with van der Waals surface area (Å²) in [5.41, 5.74) is 1.36. The molecule has 9 heteroatoms. The zero-order valence-electron chi connectivity index (χ0n) is 14.5. The van der Waals surface area contributed by atoms with E-state index in [0.717, 1.165) is 4.70 Å². The zero-order valence-corrected chi connectivity index (χ0v) is 15.3. The third kappa shape index (κ3) is 4.21. The van der Waals surface area contributed by atoms with Crippen LogP contribution in [0.2, 0.25) is 0 Å². The molecule has 3 rings (SSSR count). The van der Waals surface area contributed by atoms with Crippen LogP contribution >= 0.6 is 11.3 Å². The number of anilines is 1. The van der Waals surface area contributed by atoms with Crippen molar-refractivity contribution in [1.82, 2.24) is 4.98 Å². The normalized spacial score (nSPS) is 10.9. The fraction of sp³-hybridized carbons (Fsp3) is 0.111. The Morgan fingerprint density at radius 2 is 1.85 bits per heavy atom. The van der Waals surface area contributed by atoms with E-state index < -0.39 is 4.92 Å². The Kier molecular flexibility index (Phi) is 5.32. The summed E-state index contributed by atoms with van der Waals surface area (Å²) in [6.45, 7) is 0. The molecule has 27 heavy (non-hydrogen) atoms. The molecule has 0 radical (unpaired) electrons. The van der Waals surface area contributed by atoms with Gasteiger partial charge in [-0.1, -0.05) is 11.3 Å². The number of ether oxygens (including phenoxy) is 2. The summed E-state index contributed by atoms with van der Waals surface area (Å²) in [7, 11) is 3.10. The van der Waals surface area contributed by atoms with E-state index in [2.05, 4.69) is 10.3 Å². The van der Waals surface area contributed by atoms with Gasteiger partial charge in [0.25, 0.3) is 5.69 Å². The summed E-state index contributed by atoms with van der Waals surface area (Å²) in [5.74, 6) is 0.794. The van der Waals surface area contributed by atoms with E-state index in [4.69, 9.17) is 9.47 Å². The van der Waals surface area contributed by atoms with E-state index in [9.17, 15) is 14.9 Å². The molecule has 1 aromatic heterocycles. The maximum Gasteiger partial charge on any atom is 0.269 e. The number of rotatable bonds is 6. The number of non-ortho nitro benzene ring substituents is 1. The molecule has 0 atom stereocenters. The van der Waals surface area contributed by atoms with Gasteiger partial charge in [0.2, 0.25) is 5.91 Å². The molecular weight excluding hydrogens is 370 g/mol. The van der Waals surface area contributed by atoms with Crippen LogP contribution in [0.15, 0.2) is 42.5 Å². The van der Waals surface area contributed by atoms with E-state index >= 15 is 0 Å². The van der Waals surface area contributed by atoms with Crippen LogP contribution in [-0.2, 0) is 4.79 Å². The molecule has 8 nitrogen and oxygen atoms in total. The lowest BCUT2D eigenvalue weighted by molar-refractivity contribution is -0.384. The van der Waals surface area contributed by atoms with Crippen molar-refractivity contribution in [2.45, 2.75) is 0 Å². The number of carbonyl (C=O) groups excluding carboxylic acids is 1. The first-order valence-electron chi connectivity index (χ1n) is 7.76. The number of nitrogens with zero attached hydrogens (tertiary/aromatic N) is 2. The standard InChI is InChI=1S/C18H15N3O5S/c1-25-14-9-13-16(10-15(14)26-2)27-18(19-13)20-17(22)8-5-11-3-6-12(7-4-11)21(23)24/h3-10H,1-2H3,(H,19,20,22)/b8-5-. The Bertz CT molecular complexity index is 986. The molecule has 0 aliphatic heterocycles. The van der Waals surface area contributed by atoms with E-state index in [-0.39, 0.29) is 11.6 Å². The lowest BCUT2D eigenvalue weighted by atomic mass is 10.2. The molecular formula is C18H15N3O5S. The first-order chi connectivity index (χ1) is 13.0. The number of benzene rings is 2. The minimum absolute atomic E-state index is 0.00284. The third-order valence-corrected chi connectivity index (χ3v) is 4.59. The van der Waals surface area contributed by atoms with Gasteiger partial charge in [-0.25, -0.2) is 4.98 Å². The molecule has 0 aliphatic carbocycles. The van der Waals surface area contributed by atoms with E-state index in [1.165, 1.54) is 29.5 Å². The number of nitro benzene ring substituents is 1. The number of nitro groups is 1. The van der Waals surface area contributed by atoms with Crippen molar-refractivity contribution < 1.29 is 19.2 Å². The molecule has 0 aliphatic rings. The van der Waals surface area contributed by atoms with Crippen LogP contribution in [0.25, 0.3) is 16.3 Å². The van der Waals surface area contributed by atoms with Crippen molar-refractivity contribution >= 4 is 44.4 Å². The number of hydrogen-bond donors (Lipinski definition) is 1. The Morgan fingerprint density at radius 3 is 2.48 bits per heavy atom. The van der Waals surface area contributed by atoms with Crippen LogP contribution in [0.1, 0.15) is 5.56 Å². The monoisotopic (exact) mass is 385 g/mol. The van der Waals surface area contributed by atoms with E-state index in [1.807, 2.05) is 0 Å². The lowest BCUT2D eigenvalue weighted by Crippen LogP contribution is -2.07. The molecule has 1 heterocycles. The maximum absolute atomic E-state index is 12.1. The Hall–Kier alpha value is -3.46. The van der Waals surface area contributed by atoms with Gasteiger partial charge in [-0.05, 0) is 23.8 Å². The highest BCUT2D eigenvalue weighted by molar-refractivity contribution is 7.22. The lowest BCUT2D eigenvalue weighted by Gasteiger charge is -2.05. The maximum atomic E-state index is 12.1. The topological polar surface area (TPSA) is 104 Å². The van der Waals surface area contributed by atoms with Gasteiger partial charge in [0.05, 0.1) is 29.4 Å². The van der Waals surface area contributed by atoms with Crippen LogP contribution in [0.5, 0.6) is 11.5 Å². The van der Waals surface area contributed by atoms with Crippen LogP contribution in [-0.4, -0.2) is 30.0 Å². The van der Waals surface area contributed by atoms with Crippen LogP contribution < -0.4 is 14.8 Å². The van der Waals surface area contributed by atoms with Gasteiger partial charge < -0.3 is 9.47 Å². The van der Waals surface area contributed by atoms with Gasteiger partial charge in [0.1, 0.15) is 0 Å². The molecule has 1 N–H and O–H groups in total. The molecule has 138 valence electrons. The summed E-state index contributed by atoms with van der Waals surface area (Å²) in [6.07, 6.45) is 2.91. The molecule has 0 spiro atoms. The summed E-state index contributed by atoms with van der Waals surface area (Å²) >= 11 is 1.31. The van der Waals surface area contributed by atoms with Gasteiger partial charge in [-0.15, -0.1) is 0 Å². The van der Waals surface area contributed by atoms with Gasteiger partial charge in [0, 0.05) is 30.3 Å². The number of methoxy groups -OCH3 is 2. The van der Waals surface area contributed by atoms with E-state index in [0.29, 0.717) is 27.7 Å². The van der Waals surface area contributed by atoms with Gasteiger partial charge in [0.15, 0.2) is 16.6 Å². The van der Waals surface area contributed by atoms with Crippen molar-refractivity contribution in [3.63, 3.8) is 0 Å². The smallest absolute Gasteiger partial charge is 0.269 e. The predicted octanol–water partition coefficient (Wildman–Crippen LogP) is 3.87. The molecule has 0 unspecified atom stereocenters. The average Bonchev–Trinajstić information content (AvgIpc) is 3.06. The Balaban J connectivity index is 1.72. The van der Waals surface area contributed by atoms with Crippen LogP contribution in [0.3, 0.4) is 0 Å². The minimum Gasteiger partial charge on any atom is -0.493 e. The number of nitrogens with one attached hydrogen (secondary N) is 1. The quantitative estimate of drug-likeness (QED) is 0.392. The fourth-order valence-electron chi connectivity index (χ4n) is 2.33. The molecule has 0 saturated carbocycles. The molecule has 3 aromatic rings. The molecule has 0 saturated heterocycles. The number of aromatic nitrogens is 1. The fourth-order valence-corrected chi connectivity index (χ4v) is 3.21. The van der Waals surface area contributed by atoms with Crippen molar-refractivity contribution in [2.75, 3.05) is 19.5 Å². The number of hydrogen-bond acceptors (Lipinski definition) is 7. The third-order valence-electron chi connectivity index (χ3n) is 3.65. The molecule has 0 fully saturated rings. The van der Waals surface area contributed by atoms with Crippen molar-refractivity contribution in [1.29, 1.82) is 0 Å². The molecule has 1 amide bonds. The molecule has 2 aromatic carbocycles. The number of carbonyl (C=O) groups is 1. The average molecular weight is 385 g/mol. The predicted molar refractivity (Wildman–Crippen MR) is 103 cm³/mol. The van der Waals surface area contributed by atoms with Crippen molar-refractivity contribution in [2.24, 2.45) is 0 Å². The van der Waals surface area contributed by atoms with Gasteiger partial charge in [-0.2, -0.15) is 0 Å². The number of amides is 1. The van der Waals surface area contributed by atoms with Crippen LogP contribution in [0, 0.1) is 10.1 Å². The summed E-state index contributed by atoms with van der Waals surface area (Å²) < 4.78 is 11.4. The first kappa shape index (κ1) is 18.3. The van der Waals surface area contributed by atoms with Gasteiger partial charge in [-0.3, -0.25) is 20.2 Å². The van der Waals surface area contributed by atoms with Crippen LogP contribution in [0.4, 0.5) is 10.8 Å². The second-order valence-corrected chi connectivity index (χ2v) is 6.40. The van der Waals surface area contributed by atoms with E-state index in [1.54, 1.807) is 44.6 Å². The highest BCUT2D eigenvalue weighted by Gasteiger charge is 2.11. The minimum atomic E-state index is -0.475. The number of thiazole rings is 1. The molecule has 0 bridgehead atoms. The van der Waals surface area contributed by atoms with Crippen molar-refractivity contribution in [3.8, 4) is 11.5 Å². The second kappa shape index (κ2) is 7.83. The number of fused-ring (bicyclic) bond motifs is 1. The van der Waals surface area contributed by atoms with Crippen molar-refractivity contribution in [3.05, 3.63) is 58.2 Å². The zero-order chi connectivity index (χ0) is 19.4. The Morgan fingerprint density at radius 1 is 1.19 bits per heavy atom. The highest BCUT2D eigenvalue weighted by atomic mass is 32.1. The first-order valence-corrected chi connectivity index (χ1v) is 8.58. The summed E-state index contributed by atoms with van der Waals surface area (Å²) in [6, 6.07) is 9.44. The van der Waals surface area contributed by atoms with Gasteiger partial charge >= 0.3 is 0 Å². The largest absolute Gasteiger partial charge is 0.493 e.